The Labute approximate surface area is 127 Å². The van der Waals surface area contributed by atoms with Gasteiger partial charge in [0.25, 0.3) is 5.91 Å². The molecule has 2 rings (SSSR count). The molecule has 0 radical (unpaired) electrons. The van der Waals surface area contributed by atoms with Gasteiger partial charge in [-0.2, -0.15) is 0 Å². The van der Waals surface area contributed by atoms with Crippen LogP contribution in [0.1, 0.15) is 10.4 Å². The van der Waals surface area contributed by atoms with Crippen LogP contribution in [0, 0.1) is 5.82 Å². The van der Waals surface area contributed by atoms with Crippen LogP contribution < -0.4 is 5.32 Å². The second kappa shape index (κ2) is 5.63. The number of sulfone groups is 1. The highest BCUT2D eigenvalue weighted by atomic mass is 79.9. The van der Waals surface area contributed by atoms with Crippen LogP contribution in [0.4, 0.5) is 10.1 Å². The molecule has 0 spiro atoms. The molecule has 0 atom stereocenters. The predicted molar refractivity (Wildman–Crippen MR) is 79.5 cm³/mol. The zero-order chi connectivity index (χ0) is 14.9. The largest absolute Gasteiger partial charge is 0.322 e. The Kier molecular flexibility index (Phi) is 4.26. The summed E-state index contributed by atoms with van der Waals surface area (Å²) in [5.41, 5.74) is 0.504. The molecule has 0 bridgehead atoms. The molecule has 0 aliphatic heterocycles. The van der Waals surface area contributed by atoms with Gasteiger partial charge in [0.2, 0.25) is 0 Å². The molecule has 0 aliphatic rings. The molecule has 4 nitrogen and oxygen atoms in total. The molecular weight excluding hydrogens is 369 g/mol. The fraction of sp³-hybridized carbons (Fsp3) is 0.0833. The van der Waals surface area contributed by atoms with Crippen LogP contribution in [0.15, 0.2) is 38.3 Å². The Morgan fingerprint density at radius 2 is 2.00 bits per heavy atom. The Morgan fingerprint density at radius 3 is 2.55 bits per heavy atom. The SMILES string of the molecule is CS(=O)(=O)c1cc(F)cc(NC(=O)c2csc(Br)c2)c1. The number of thiophene rings is 1. The molecule has 1 N–H and O–H groups in total. The highest BCUT2D eigenvalue weighted by Crippen LogP contribution is 2.23. The lowest BCUT2D eigenvalue weighted by molar-refractivity contribution is 0.102. The van der Waals surface area contributed by atoms with E-state index in [4.69, 9.17) is 0 Å². The quantitative estimate of drug-likeness (QED) is 0.892. The van der Waals surface area contributed by atoms with Crippen molar-refractivity contribution in [3.05, 3.63) is 44.8 Å². The summed E-state index contributed by atoms with van der Waals surface area (Å²) in [7, 11) is -3.54. The average molecular weight is 378 g/mol. The normalized spacial score (nSPS) is 11.3. The van der Waals surface area contributed by atoms with E-state index < -0.39 is 21.6 Å². The summed E-state index contributed by atoms with van der Waals surface area (Å²) < 4.78 is 37.0. The third-order valence-corrected chi connectivity index (χ3v) is 4.98. The number of rotatable bonds is 3. The van der Waals surface area contributed by atoms with Crippen LogP contribution in [0.3, 0.4) is 0 Å². The Hall–Kier alpha value is -1.25. The van der Waals surface area contributed by atoms with E-state index in [1.807, 2.05) is 0 Å². The molecule has 20 heavy (non-hydrogen) atoms. The standard InChI is InChI=1S/C12H9BrFNO3S2/c1-20(17,18)10-4-8(14)3-9(5-10)15-12(16)7-2-11(13)19-6-7/h2-6H,1H3,(H,15,16). The van der Waals surface area contributed by atoms with E-state index in [1.54, 1.807) is 11.4 Å². The molecule has 2 aromatic rings. The first-order valence-electron chi connectivity index (χ1n) is 5.32. The lowest BCUT2D eigenvalue weighted by Gasteiger charge is -2.06. The van der Waals surface area contributed by atoms with Gasteiger partial charge in [0.1, 0.15) is 5.82 Å². The van der Waals surface area contributed by atoms with Crippen molar-refractivity contribution in [1.82, 2.24) is 0 Å². The summed E-state index contributed by atoms with van der Waals surface area (Å²) in [5, 5.41) is 4.10. The number of anilines is 1. The number of carbonyl (C=O) groups is 1. The number of carbonyl (C=O) groups excluding carboxylic acids is 1. The van der Waals surface area contributed by atoms with Gasteiger partial charge >= 0.3 is 0 Å². The van der Waals surface area contributed by atoms with E-state index in [1.165, 1.54) is 17.4 Å². The van der Waals surface area contributed by atoms with Gasteiger partial charge in [-0.25, -0.2) is 12.8 Å². The molecule has 0 fully saturated rings. The summed E-state index contributed by atoms with van der Waals surface area (Å²) in [6, 6.07) is 4.81. The number of hydrogen-bond acceptors (Lipinski definition) is 4. The first kappa shape index (κ1) is 15.1. The molecule has 0 aliphatic carbocycles. The Balaban J connectivity index is 2.30. The maximum absolute atomic E-state index is 13.4. The van der Waals surface area contributed by atoms with Gasteiger partial charge < -0.3 is 5.32 Å². The molecular formula is C12H9BrFNO3S2. The van der Waals surface area contributed by atoms with Gasteiger partial charge in [0.05, 0.1) is 14.2 Å². The third-order valence-electron chi connectivity index (χ3n) is 2.39. The minimum absolute atomic E-state index is 0.0951. The average Bonchev–Trinajstić information content (AvgIpc) is 2.74. The zero-order valence-corrected chi connectivity index (χ0v) is 13.4. The van der Waals surface area contributed by atoms with Crippen molar-refractivity contribution in [1.29, 1.82) is 0 Å². The fourth-order valence-corrected chi connectivity index (χ4v) is 3.29. The Morgan fingerprint density at radius 1 is 1.30 bits per heavy atom. The minimum atomic E-state index is -3.54. The highest BCUT2D eigenvalue weighted by molar-refractivity contribution is 9.11. The molecule has 1 aromatic carbocycles. The molecule has 1 aromatic heterocycles. The number of amides is 1. The smallest absolute Gasteiger partial charge is 0.256 e. The van der Waals surface area contributed by atoms with Crippen LogP contribution in [0.2, 0.25) is 0 Å². The topological polar surface area (TPSA) is 63.2 Å². The maximum Gasteiger partial charge on any atom is 0.256 e. The van der Waals surface area contributed by atoms with E-state index in [2.05, 4.69) is 21.2 Å². The summed E-state index contributed by atoms with van der Waals surface area (Å²) in [4.78, 5) is 11.7. The van der Waals surface area contributed by atoms with E-state index in [-0.39, 0.29) is 10.6 Å². The lowest BCUT2D eigenvalue weighted by Crippen LogP contribution is -2.11. The Bertz CT molecular complexity index is 771. The van der Waals surface area contributed by atoms with Crippen molar-refractivity contribution in [2.75, 3.05) is 11.6 Å². The molecule has 8 heteroatoms. The second-order valence-corrected chi connectivity index (χ2v) is 8.35. The van der Waals surface area contributed by atoms with E-state index >= 15 is 0 Å². The summed E-state index contributed by atoms with van der Waals surface area (Å²) in [5.74, 6) is -1.16. The van der Waals surface area contributed by atoms with E-state index in [0.717, 1.165) is 22.2 Å². The summed E-state index contributed by atoms with van der Waals surface area (Å²) >= 11 is 4.57. The van der Waals surface area contributed by atoms with Crippen molar-refractivity contribution in [3.63, 3.8) is 0 Å². The van der Waals surface area contributed by atoms with Gasteiger partial charge in [-0.15, -0.1) is 11.3 Å². The maximum atomic E-state index is 13.4. The fourth-order valence-electron chi connectivity index (χ4n) is 1.48. The first-order chi connectivity index (χ1) is 9.25. The molecule has 106 valence electrons. The van der Waals surface area contributed by atoms with Crippen LogP contribution in [-0.4, -0.2) is 20.6 Å². The highest BCUT2D eigenvalue weighted by Gasteiger charge is 2.13. The van der Waals surface area contributed by atoms with Crippen molar-refractivity contribution in [3.8, 4) is 0 Å². The van der Waals surface area contributed by atoms with Crippen molar-refractivity contribution in [2.45, 2.75) is 4.90 Å². The van der Waals surface area contributed by atoms with Crippen LogP contribution >= 0.6 is 27.3 Å². The molecule has 0 saturated heterocycles. The van der Waals surface area contributed by atoms with E-state index in [0.29, 0.717) is 5.56 Å². The van der Waals surface area contributed by atoms with Gasteiger partial charge in [-0.1, -0.05) is 0 Å². The first-order valence-corrected chi connectivity index (χ1v) is 8.88. The number of benzene rings is 1. The summed E-state index contributed by atoms with van der Waals surface area (Å²) in [6.45, 7) is 0. The van der Waals surface area contributed by atoms with Crippen molar-refractivity contribution in [2.24, 2.45) is 0 Å². The van der Waals surface area contributed by atoms with Crippen LogP contribution in [0.5, 0.6) is 0 Å². The van der Waals surface area contributed by atoms with Crippen molar-refractivity contribution < 1.29 is 17.6 Å². The van der Waals surface area contributed by atoms with Gasteiger partial charge in [-0.05, 0) is 40.2 Å². The van der Waals surface area contributed by atoms with Crippen LogP contribution in [0.25, 0.3) is 0 Å². The molecule has 1 heterocycles. The van der Waals surface area contributed by atoms with Crippen LogP contribution in [-0.2, 0) is 9.84 Å². The summed E-state index contributed by atoms with van der Waals surface area (Å²) in [6.07, 6.45) is 0.976. The van der Waals surface area contributed by atoms with Gasteiger partial charge in [0, 0.05) is 17.3 Å². The number of nitrogens with one attached hydrogen (secondary N) is 1. The van der Waals surface area contributed by atoms with Gasteiger partial charge in [0.15, 0.2) is 9.84 Å². The zero-order valence-electron chi connectivity index (χ0n) is 10.2. The van der Waals surface area contributed by atoms with Crippen molar-refractivity contribution >= 4 is 48.7 Å². The second-order valence-electron chi connectivity index (χ2n) is 4.04. The number of halogens is 2. The molecule has 1 amide bonds. The monoisotopic (exact) mass is 377 g/mol. The predicted octanol–water partition coefficient (Wildman–Crippen LogP) is 3.31. The lowest BCUT2D eigenvalue weighted by atomic mass is 10.2. The molecule has 0 unspecified atom stereocenters. The van der Waals surface area contributed by atoms with E-state index in [9.17, 15) is 17.6 Å². The van der Waals surface area contributed by atoms with Gasteiger partial charge in [-0.3, -0.25) is 4.79 Å². The number of hydrogen-bond donors (Lipinski definition) is 1. The molecule has 0 saturated carbocycles. The minimum Gasteiger partial charge on any atom is -0.322 e. The third kappa shape index (κ3) is 3.65.